The van der Waals surface area contributed by atoms with Crippen molar-refractivity contribution in [1.82, 2.24) is 0 Å². The van der Waals surface area contributed by atoms with Gasteiger partial charge in [-0.1, -0.05) is 18.2 Å². The standard InChI is InChI=1S/C22H25N3O4/c1-28-17-8-9-20(29-2)18(14-17)25-21(26)15-19(22(25)27)24-12-10-23(11-13-24)16-6-4-3-5-7-16/h3-9,14,19H,10-13,15H2,1-2H3/p+1/t19-/m0/s1. The van der Waals surface area contributed by atoms with Crippen molar-refractivity contribution >= 4 is 23.2 Å². The summed E-state index contributed by atoms with van der Waals surface area (Å²) < 4.78 is 10.6. The summed E-state index contributed by atoms with van der Waals surface area (Å²) in [7, 11) is 3.08. The van der Waals surface area contributed by atoms with Gasteiger partial charge in [0, 0.05) is 11.8 Å². The van der Waals surface area contributed by atoms with Crippen molar-refractivity contribution in [3.63, 3.8) is 0 Å². The Morgan fingerprint density at radius 2 is 1.69 bits per heavy atom. The van der Waals surface area contributed by atoms with Gasteiger partial charge in [0.15, 0.2) is 6.04 Å². The molecule has 2 fully saturated rings. The number of rotatable bonds is 5. The molecule has 2 aliphatic rings. The number of imide groups is 1. The Balaban J connectivity index is 1.49. The first kappa shape index (κ1) is 19.3. The third kappa shape index (κ3) is 3.65. The van der Waals surface area contributed by atoms with Crippen molar-refractivity contribution in [2.75, 3.05) is 50.2 Å². The maximum Gasteiger partial charge on any atom is 0.292 e. The van der Waals surface area contributed by atoms with Crippen LogP contribution in [0.15, 0.2) is 48.5 Å². The first-order valence-electron chi connectivity index (χ1n) is 9.85. The Morgan fingerprint density at radius 1 is 0.966 bits per heavy atom. The number of anilines is 2. The topological polar surface area (TPSA) is 63.5 Å². The van der Waals surface area contributed by atoms with Crippen LogP contribution in [0.4, 0.5) is 11.4 Å². The normalized spacial score (nSPS) is 20.3. The lowest BCUT2D eigenvalue weighted by atomic mass is 10.1. The third-order valence-electron chi connectivity index (χ3n) is 5.79. The van der Waals surface area contributed by atoms with E-state index in [1.54, 1.807) is 25.3 Å². The first-order chi connectivity index (χ1) is 14.1. The Kier molecular flexibility index (Phi) is 5.40. The van der Waals surface area contributed by atoms with Crippen LogP contribution in [-0.2, 0) is 9.59 Å². The van der Waals surface area contributed by atoms with Crippen LogP contribution in [0.2, 0.25) is 0 Å². The van der Waals surface area contributed by atoms with Crippen molar-refractivity contribution in [2.45, 2.75) is 12.5 Å². The van der Waals surface area contributed by atoms with E-state index in [0.29, 0.717) is 17.2 Å². The molecule has 2 aromatic rings. The maximum atomic E-state index is 13.2. The number of nitrogens with one attached hydrogen (secondary N) is 1. The molecule has 2 aliphatic heterocycles. The molecule has 1 N–H and O–H groups in total. The van der Waals surface area contributed by atoms with Crippen LogP contribution < -0.4 is 24.2 Å². The predicted molar refractivity (Wildman–Crippen MR) is 110 cm³/mol. The van der Waals surface area contributed by atoms with E-state index in [2.05, 4.69) is 17.0 Å². The van der Waals surface area contributed by atoms with Crippen LogP contribution in [0.1, 0.15) is 6.42 Å². The fraction of sp³-hybridized carbons (Fsp3) is 0.364. The number of carbonyl (C=O) groups is 2. The van der Waals surface area contributed by atoms with E-state index in [1.807, 2.05) is 18.2 Å². The quantitative estimate of drug-likeness (QED) is 0.756. The van der Waals surface area contributed by atoms with Crippen molar-refractivity contribution < 1.29 is 24.0 Å². The number of amides is 2. The van der Waals surface area contributed by atoms with Gasteiger partial charge in [0.1, 0.15) is 11.5 Å². The molecule has 7 heteroatoms. The second-order valence-corrected chi connectivity index (χ2v) is 7.34. The molecule has 0 spiro atoms. The minimum absolute atomic E-state index is 0.162. The van der Waals surface area contributed by atoms with E-state index in [0.717, 1.165) is 26.2 Å². The number of para-hydroxylation sites is 1. The smallest absolute Gasteiger partial charge is 0.292 e. The lowest BCUT2D eigenvalue weighted by Crippen LogP contribution is -3.19. The monoisotopic (exact) mass is 396 g/mol. The van der Waals surface area contributed by atoms with E-state index < -0.39 is 0 Å². The second-order valence-electron chi connectivity index (χ2n) is 7.34. The lowest BCUT2D eigenvalue weighted by molar-refractivity contribution is -0.915. The van der Waals surface area contributed by atoms with E-state index in [9.17, 15) is 9.59 Å². The molecule has 2 aromatic carbocycles. The number of methoxy groups -OCH3 is 2. The van der Waals surface area contributed by atoms with Crippen molar-refractivity contribution in [1.29, 1.82) is 0 Å². The van der Waals surface area contributed by atoms with Gasteiger partial charge in [0.05, 0.1) is 52.5 Å². The first-order valence-corrected chi connectivity index (χ1v) is 9.85. The van der Waals surface area contributed by atoms with Crippen LogP contribution in [0.25, 0.3) is 0 Å². The number of hydrogen-bond acceptors (Lipinski definition) is 5. The highest BCUT2D eigenvalue weighted by atomic mass is 16.5. The van der Waals surface area contributed by atoms with Gasteiger partial charge >= 0.3 is 0 Å². The number of hydrogen-bond donors (Lipinski definition) is 1. The Labute approximate surface area is 170 Å². The molecular weight excluding hydrogens is 370 g/mol. The van der Waals surface area contributed by atoms with Gasteiger partial charge in [-0.15, -0.1) is 0 Å². The number of benzene rings is 2. The lowest BCUT2D eigenvalue weighted by Gasteiger charge is -2.35. The highest BCUT2D eigenvalue weighted by Crippen LogP contribution is 2.35. The van der Waals surface area contributed by atoms with E-state index in [4.69, 9.17) is 9.47 Å². The van der Waals surface area contributed by atoms with Crippen molar-refractivity contribution in [3.05, 3.63) is 48.5 Å². The predicted octanol–water partition coefficient (Wildman–Crippen LogP) is 0.741. The fourth-order valence-electron chi connectivity index (χ4n) is 4.21. The summed E-state index contributed by atoms with van der Waals surface area (Å²) in [5.41, 5.74) is 1.65. The average Bonchev–Trinajstić information content (AvgIpc) is 3.07. The zero-order valence-corrected chi connectivity index (χ0v) is 16.8. The van der Waals surface area contributed by atoms with Crippen LogP contribution in [0.5, 0.6) is 11.5 Å². The van der Waals surface area contributed by atoms with Crippen LogP contribution in [-0.4, -0.2) is 58.3 Å². The fourth-order valence-corrected chi connectivity index (χ4v) is 4.21. The number of quaternary nitrogens is 1. The highest BCUT2D eigenvalue weighted by molar-refractivity contribution is 6.22. The van der Waals surface area contributed by atoms with Gasteiger partial charge < -0.3 is 19.3 Å². The molecule has 0 saturated carbocycles. The molecule has 0 unspecified atom stereocenters. The van der Waals surface area contributed by atoms with E-state index in [-0.39, 0.29) is 24.3 Å². The number of carbonyl (C=O) groups excluding carboxylic acids is 2. The number of piperazine rings is 1. The zero-order valence-electron chi connectivity index (χ0n) is 16.8. The number of ether oxygens (including phenoxy) is 2. The molecule has 0 aromatic heterocycles. The van der Waals surface area contributed by atoms with Gasteiger partial charge in [0.2, 0.25) is 5.91 Å². The maximum absolute atomic E-state index is 13.2. The SMILES string of the molecule is COc1ccc(OC)c(N2C(=O)C[C@H]([NH+]3CCN(c4ccccc4)CC3)C2=O)c1. The van der Waals surface area contributed by atoms with Gasteiger partial charge in [-0.3, -0.25) is 9.59 Å². The summed E-state index contributed by atoms with van der Waals surface area (Å²) in [6, 6.07) is 15.1. The van der Waals surface area contributed by atoms with Crippen LogP contribution in [0.3, 0.4) is 0 Å². The average molecular weight is 396 g/mol. The Hall–Kier alpha value is -3.06. The molecule has 152 valence electrons. The molecular formula is C22H26N3O4+. The van der Waals surface area contributed by atoms with Crippen LogP contribution >= 0.6 is 0 Å². The minimum Gasteiger partial charge on any atom is -0.497 e. The van der Waals surface area contributed by atoms with Gasteiger partial charge in [-0.2, -0.15) is 0 Å². The molecule has 4 rings (SSSR count). The minimum atomic E-state index is -0.351. The Morgan fingerprint density at radius 3 is 2.34 bits per heavy atom. The summed E-state index contributed by atoms with van der Waals surface area (Å²) in [6.45, 7) is 3.36. The van der Waals surface area contributed by atoms with Gasteiger partial charge in [-0.25, -0.2) is 4.90 Å². The van der Waals surface area contributed by atoms with Crippen LogP contribution in [0, 0.1) is 0 Å². The molecule has 29 heavy (non-hydrogen) atoms. The third-order valence-corrected chi connectivity index (χ3v) is 5.79. The molecule has 7 nitrogen and oxygen atoms in total. The summed E-state index contributed by atoms with van der Waals surface area (Å²) in [5.74, 6) is 0.708. The molecule has 0 bridgehead atoms. The van der Waals surface area contributed by atoms with E-state index in [1.165, 1.54) is 22.6 Å². The zero-order chi connectivity index (χ0) is 20.4. The summed E-state index contributed by atoms with van der Waals surface area (Å²) in [6.07, 6.45) is 0.222. The van der Waals surface area contributed by atoms with Crippen molar-refractivity contribution in [2.24, 2.45) is 0 Å². The molecule has 2 amide bonds. The van der Waals surface area contributed by atoms with Crippen molar-refractivity contribution in [3.8, 4) is 11.5 Å². The molecule has 0 radical (unpaired) electrons. The van der Waals surface area contributed by atoms with Gasteiger partial charge in [0.25, 0.3) is 5.91 Å². The highest BCUT2D eigenvalue weighted by Gasteiger charge is 2.47. The number of nitrogens with zero attached hydrogens (tertiary/aromatic N) is 2. The molecule has 0 aliphatic carbocycles. The summed E-state index contributed by atoms with van der Waals surface area (Å²) in [4.78, 5) is 30.7. The Bertz CT molecular complexity index is 894. The largest absolute Gasteiger partial charge is 0.497 e. The second kappa shape index (κ2) is 8.13. The molecule has 1 atom stereocenters. The summed E-state index contributed by atoms with van der Waals surface area (Å²) >= 11 is 0. The molecule has 2 heterocycles. The van der Waals surface area contributed by atoms with Gasteiger partial charge in [-0.05, 0) is 24.3 Å². The summed E-state index contributed by atoms with van der Waals surface area (Å²) in [5, 5.41) is 0. The van der Waals surface area contributed by atoms with E-state index >= 15 is 0 Å². The molecule has 2 saturated heterocycles.